The number of methoxy groups -OCH3 is 1. The number of anilines is 1. The van der Waals surface area contributed by atoms with Crippen molar-refractivity contribution in [3.05, 3.63) is 52.5 Å². The first-order chi connectivity index (χ1) is 9.72. The van der Waals surface area contributed by atoms with Crippen LogP contribution in [0.1, 0.15) is 12.5 Å². The van der Waals surface area contributed by atoms with Gasteiger partial charge in [0.1, 0.15) is 11.5 Å². The Morgan fingerprint density at radius 3 is 2.75 bits per heavy atom. The summed E-state index contributed by atoms with van der Waals surface area (Å²) in [6.07, 6.45) is 0. The zero-order valence-corrected chi connectivity index (χ0v) is 13.2. The van der Waals surface area contributed by atoms with E-state index in [0.29, 0.717) is 6.61 Å². The van der Waals surface area contributed by atoms with Gasteiger partial charge < -0.3 is 14.8 Å². The van der Waals surface area contributed by atoms with Crippen LogP contribution in [0.2, 0.25) is 0 Å². The molecule has 0 unspecified atom stereocenters. The van der Waals surface area contributed by atoms with Crippen LogP contribution < -0.4 is 14.8 Å². The fourth-order valence-corrected chi connectivity index (χ4v) is 2.29. The third kappa shape index (κ3) is 3.90. The minimum Gasteiger partial charge on any atom is -0.495 e. The number of hydrogen-bond acceptors (Lipinski definition) is 3. The Balaban J connectivity index is 2.03. The Labute approximate surface area is 128 Å². The quantitative estimate of drug-likeness (QED) is 0.844. The molecule has 0 radical (unpaired) electrons. The maximum atomic E-state index is 5.50. The smallest absolute Gasteiger partial charge is 0.135 e. The van der Waals surface area contributed by atoms with E-state index in [2.05, 4.69) is 27.3 Å². The summed E-state index contributed by atoms with van der Waals surface area (Å²) in [5.74, 6) is 1.72. The molecule has 106 valence electrons. The van der Waals surface area contributed by atoms with Gasteiger partial charge in [-0.2, -0.15) is 0 Å². The largest absolute Gasteiger partial charge is 0.495 e. The van der Waals surface area contributed by atoms with Crippen LogP contribution in [0.25, 0.3) is 0 Å². The standard InChI is InChI=1S/C16H18BrNO2/c1-3-20-14-6-4-5-12(9-14)11-18-13-7-8-15(17)16(10-13)19-2/h4-10,18H,3,11H2,1-2H3. The predicted molar refractivity (Wildman–Crippen MR) is 85.6 cm³/mol. The zero-order valence-electron chi connectivity index (χ0n) is 11.7. The van der Waals surface area contributed by atoms with Crippen LogP contribution in [-0.4, -0.2) is 13.7 Å². The van der Waals surface area contributed by atoms with Crippen LogP contribution in [0.4, 0.5) is 5.69 Å². The molecule has 2 aromatic carbocycles. The molecular weight excluding hydrogens is 318 g/mol. The predicted octanol–water partition coefficient (Wildman–Crippen LogP) is 4.47. The van der Waals surface area contributed by atoms with E-state index < -0.39 is 0 Å². The summed E-state index contributed by atoms with van der Waals surface area (Å²) in [4.78, 5) is 0. The van der Waals surface area contributed by atoms with E-state index in [1.165, 1.54) is 5.56 Å². The van der Waals surface area contributed by atoms with Gasteiger partial charge in [0.2, 0.25) is 0 Å². The van der Waals surface area contributed by atoms with E-state index in [0.717, 1.165) is 28.2 Å². The highest BCUT2D eigenvalue weighted by Gasteiger charge is 2.02. The summed E-state index contributed by atoms with van der Waals surface area (Å²) < 4.78 is 11.7. The van der Waals surface area contributed by atoms with Crippen LogP contribution in [0, 0.1) is 0 Å². The van der Waals surface area contributed by atoms with Crippen LogP contribution in [-0.2, 0) is 6.54 Å². The van der Waals surface area contributed by atoms with E-state index in [1.54, 1.807) is 7.11 Å². The first kappa shape index (κ1) is 14.7. The topological polar surface area (TPSA) is 30.5 Å². The minimum absolute atomic E-state index is 0.681. The lowest BCUT2D eigenvalue weighted by molar-refractivity contribution is 0.340. The molecule has 0 atom stereocenters. The van der Waals surface area contributed by atoms with Gasteiger partial charge in [0, 0.05) is 18.3 Å². The first-order valence-electron chi connectivity index (χ1n) is 6.52. The molecule has 0 aliphatic heterocycles. The van der Waals surface area contributed by atoms with Gasteiger partial charge in [0.15, 0.2) is 0 Å². The highest BCUT2D eigenvalue weighted by molar-refractivity contribution is 9.10. The summed E-state index contributed by atoms with van der Waals surface area (Å²) in [5.41, 5.74) is 2.20. The normalized spacial score (nSPS) is 10.2. The average molecular weight is 336 g/mol. The van der Waals surface area contributed by atoms with Gasteiger partial charge in [-0.3, -0.25) is 0 Å². The van der Waals surface area contributed by atoms with Crippen molar-refractivity contribution in [3.63, 3.8) is 0 Å². The lowest BCUT2D eigenvalue weighted by Gasteiger charge is -2.10. The molecule has 2 aromatic rings. The molecule has 0 bridgehead atoms. The molecule has 1 N–H and O–H groups in total. The van der Waals surface area contributed by atoms with E-state index in [9.17, 15) is 0 Å². The van der Waals surface area contributed by atoms with Gasteiger partial charge in [0.25, 0.3) is 0 Å². The molecule has 0 fully saturated rings. The van der Waals surface area contributed by atoms with Crippen molar-refractivity contribution >= 4 is 21.6 Å². The van der Waals surface area contributed by atoms with Crippen LogP contribution in [0.15, 0.2) is 46.9 Å². The van der Waals surface area contributed by atoms with Crippen molar-refractivity contribution in [2.24, 2.45) is 0 Å². The molecule has 0 aliphatic carbocycles. The van der Waals surface area contributed by atoms with Gasteiger partial charge in [-0.1, -0.05) is 12.1 Å². The van der Waals surface area contributed by atoms with E-state index in [-0.39, 0.29) is 0 Å². The Morgan fingerprint density at radius 1 is 1.15 bits per heavy atom. The number of rotatable bonds is 6. The van der Waals surface area contributed by atoms with E-state index >= 15 is 0 Å². The van der Waals surface area contributed by atoms with Gasteiger partial charge in [0.05, 0.1) is 18.2 Å². The van der Waals surface area contributed by atoms with Crippen molar-refractivity contribution in [2.45, 2.75) is 13.5 Å². The highest BCUT2D eigenvalue weighted by Crippen LogP contribution is 2.28. The minimum atomic E-state index is 0.681. The summed E-state index contributed by atoms with van der Waals surface area (Å²) in [5, 5.41) is 3.38. The van der Waals surface area contributed by atoms with Gasteiger partial charge in [-0.05, 0) is 52.7 Å². The van der Waals surface area contributed by atoms with Gasteiger partial charge >= 0.3 is 0 Å². The van der Waals surface area contributed by atoms with E-state index in [4.69, 9.17) is 9.47 Å². The maximum Gasteiger partial charge on any atom is 0.135 e. The Bertz CT molecular complexity index is 572. The molecule has 2 rings (SSSR count). The number of hydrogen-bond donors (Lipinski definition) is 1. The van der Waals surface area contributed by atoms with Gasteiger partial charge in [-0.25, -0.2) is 0 Å². The van der Waals surface area contributed by atoms with E-state index in [1.807, 2.05) is 43.3 Å². The summed E-state index contributed by atoms with van der Waals surface area (Å²) >= 11 is 3.44. The molecule has 20 heavy (non-hydrogen) atoms. The molecule has 0 saturated carbocycles. The molecule has 3 nitrogen and oxygen atoms in total. The molecule has 0 spiro atoms. The lowest BCUT2D eigenvalue weighted by atomic mass is 10.2. The second kappa shape index (κ2) is 7.20. The molecule has 0 heterocycles. The maximum absolute atomic E-state index is 5.50. The van der Waals surface area contributed by atoms with Crippen LogP contribution in [0.3, 0.4) is 0 Å². The number of benzene rings is 2. The molecular formula is C16H18BrNO2. The van der Waals surface area contributed by atoms with Crippen LogP contribution >= 0.6 is 15.9 Å². The van der Waals surface area contributed by atoms with Crippen molar-refractivity contribution in [1.29, 1.82) is 0 Å². The first-order valence-corrected chi connectivity index (χ1v) is 7.31. The fraction of sp³-hybridized carbons (Fsp3) is 0.250. The fourth-order valence-electron chi connectivity index (χ4n) is 1.89. The van der Waals surface area contributed by atoms with Crippen molar-refractivity contribution in [2.75, 3.05) is 19.0 Å². The number of nitrogens with one attached hydrogen (secondary N) is 1. The summed E-state index contributed by atoms with van der Waals surface area (Å²) in [6, 6.07) is 14.0. The Morgan fingerprint density at radius 2 is 2.00 bits per heavy atom. The SMILES string of the molecule is CCOc1cccc(CNc2ccc(Br)c(OC)c2)c1. The highest BCUT2D eigenvalue weighted by atomic mass is 79.9. The summed E-state index contributed by atoms with van der Waals surface area (Å²) in [7, 11) is 1.66. The lowest BCUT2D eigenvalue weighted by Crippen LogP contribution is -2.00. The van der Waals surface area contributed by atoms with Gasteiger partial charge in [-0.15, -0.1) is 0 Å². The summed E-state index contributed by atoms with van der Waals surface area (Å²) in [6.45, 7) is 3.41. The molecule has 0 aromatic heterocycles. The monoisotopic (exact) mass is 335 g/mol. The van der Waals surface area contributed by atoms with Crippen molar-refractivity contribution < 1.29 is 9.47 Å². The Kier molecular flexibility index (Phi) is 5.30. The van der Waals surface area contributed by atoms with Crippen molar-refractivity contribution in [1.82, 2.24) is 0 Å². The number of halogens is 1. The third-order valence-corrected chi connectivity index (χ3v) is 3.51. The molecule has 0 amide bonds. The molecule has 4 heteroatoms. The Hall–Kier alpha value is -1.68. The number of ether oxygens (including phenoxy) is 2. The third-order valence-electron chi connectivity index (χ3n) is 2.86. The molecule has 0 saturated heterocycles. The molecule has 0 aliphatic rings. The van der Waals surface area contributed by atoms with Crippen LogP contribution in [0.5, 0.6) is 11.5 Å². The average Bonchev–Trinajstić information content (AvgIpc) is 2.47. The second-order valence-corrected chi connectivity index (χ2v) is 5.14. The second-order valence-electron chi connectivity index (χ2n) is 4.28. The van der Waals surface area contributed by atoms with Crippen molar-refractivity contribution in [3.8, 4) is 11.5 Å². The zero-order chi connectivity index (χ0) is 14.4.